The van der Waals surface area contributed by atoms with E-state index in [2.05, 4.69) is 4.74 Å². The van der Waals surface area contributed by atoms with Crippen LogP contribution in [0.15, 0.2) is 30.3 Å². The number of ether oxygens (including phenoxy) is 1. The summed E-state index contributed by atoms with van der Waals surface area (Å²) in [7, 11) is 0. The molecule has 0 radical (unpaired) electrons. The number of benzene rings is 3. The van der Waals surface area contributed by atoms with E-state index in [1.807, 2.05) is 6.92 Å². The fourth-order valence-corrected chi connectivity index (χ4v) is 3.27. The van der Waals surface area contributed by atoms with Gasteiger partial charge in [0.05, 0.1) is 0 Å². The monoisotopic (exact) mass is 478 g/mol. The predicted molar refractivity (Wildman–Crippen MR) is 101 cm³/mol. The molecule has 0 aliphatic rings. The van der Waals surface area contributed by atoms with Crippen LogP contribution >= 0.6 is 0 Å². The molecular formula is C23H15F9O. The van der Waals surface area contributed by atoms with Gasteiger partial charge in [0.2, 0.25) is 11.6 Å². The van der Waals surface area contributed by atoms with Gasteiger partial charge in [-0.25, -0.2) is 26.3 Å². The van der Waals surface area contributed by atoms with Crippen molar-refractivity contribution in [3.63, 3.8) is 0 Å². The number of rotatable bonds is 6. The lowest BCUT2D eigenvalue weighted by Gasteiger charge is -2.22. The van der Waals surface area contributed by atoms with Gasteiger partial charge in [-0.2, -0.15) is 13.2 Å². The van der Waals surface area contributed by atoms with Crippen LogP contribution in [0.5, 0.6) is 5.75 Å². The Bertz CT molecular complexity index is 1170. The quantitative estimate of drug-likeness (QED) is 0.200. The molecule has 0 amide bonds. The van der Waals surface area contributed by atoms with Crippen molar-refractivity contribution >= 4 is 0 Å². The van der Waals surface area contributed by atoms with Crippen LogP contribution in [0.4, 0.5) is 39.5 Å². The zero-order chi connectivity index (χ0) is 24.7. The van der Waals surface area contributed by atoms with Crippen LogP contribution < -0.4 is 4.74 Å². The van der Waals surface area contributed by atoms with Crippen molar-refractivity contribution in [2.75, 3.05) is 0 Å². The molecule has 0 unspecified atom stereocenters. The third-order valence-corrected chi connectivity index (χ3v) is 4.89. The molecule has 0 aromatic heterocycles. The average molecular weight is 478 g/mol. The van der Waals surface area contributed by atoms with Crippen LogP contribution in [0.3, 0.4) is 0 Å². The fourth-order valence-electron chi connectivity index (χ4n) is 3.27. The van der Waals surface area contributed by atoms with E-state index in [-0.39, 0.29) is 5.56 Å². The van der Waals surface area contributed by atoms with Crippen molar-refractivity contribution in [2.24, 2.45) is 0 Å². The third-order valence-electron chi connectivity index (χ3n) is 4.89. The predicted octanol–water partition coefficient (Wildman–Crippen LogP) is 7.72. The highest BCUT2D eigenvalue weighted by Crippen LogP contribution is 2.40. The minimum absolute atomic E-state index is 0.270. The van der Waals surface area contributed by atoms with Crippen molar-refractivity contribution in [3.05, 3.63) is 87.7 Å². The van der Waals surface area contributed by atoms with Gasteiger partial charge >= 0.3 is 6.11 Å². The number of hydrogen-bond donors (Lipinski definition) is 0. The summed E-state index contributed by atoms with van der Waals surface area (Å²) < 4.78 is 131. The normalized spacial score (nSPS) is 11.7. The van der Waals surface area contributed by atoms with Gasteiger partial charge in [0.25, 0.3) is 0 Å². The number of halogens is 9. The summed E-state index contributed by atoms with van der Waals surface area (Å²) in [6, 6.07) is 4.69. The molecule has 10 heteroatoms. The molecule has 0 saturated carbocycles. The smallest absolute Gasteiger partial charge is 0.425 e. The maximum Gasteiger partial charge on any atom is 0.432 e. The molecule has 0 aliphatic carbocycles. The van der Waals surface area contributed by atoms with Crippen molar-refractivity contribution < 1.29 is 44.3 Å². The van der Waals surface area contributed by atoms with Crippen LogP contribution in [0.2, 0.25) is 0 Å². The van der Waals surface area contributed by atoms with E-state index >= 15 is 0 Å². The molecule has 1 nitrogen and oxygen atoms in total. The van der Waals surface area contributed by atoms with Gasteiger partial charge in [-0.15, -0.1) is 0 Å². The summed E-state index contributed by atoms with van der Waals surface area (Å²) in [6.07, 6.45) is -3.71. The largest absolute Gasteiger partial charge is 0.432 e. The maximum absolute atomic E-state index is 14.6. The Labute approximate surface area is 182 Å². The summed E-state index contributed by atoms with van der Waals surface area (Å²) in [5.41, 5.74) is -3.26. The van der Waals surface area contributed by atoms with Crippen molar-refractivity contribution in [2.45, 2.75) is 32.8 Å². The van der Waals surface area contributed by atoms with E-state index < -0.39 is 69.3 Å². The Morgan fingerprint density at radius 3 is 1.88 bits per heavy atom. The van der Waals surface area contributed by atoms with E-state index in [1.54, 1.807) is 0 Å². The van der Waals surface area contributed by atoms with E-state index in [9.17, 15) is 39.5 Å². The number of hydrogen-bond acceptors (Lipinski definition) is 1. The molecule has 3 aromatic carbocycles. The lowest BCUT2D eigenvalue weighted by Crippen LogP contribution is -2.26. The maximum atomic E-state index is 14.6. The van der Waals surface area contributed by atoms with E-state index in [0.717, 1.165) is 6.07 Å². The zero-order valence-corrected chi connectivity index (χ0v) is 17.1. The van der Waals surface area contributed by atoms with E-state index in [4.69, 9.17) is 0 Å². The molecule has 3 aromatic rings. The summed E-state index contributed by atoms with van der Waals surface area (Å²) in [6.45, 7) is 2.47. The Balaban J connectivity index is 2.05. The third kappa shape index (κ3) is 4.51. The molecule has 0 heterocycles. The highest BCUT2D eigenvalue weighted by atomic mass is 19.3. The first kappa shape index (κ1) is 24.5. The summed E-state index contributed by atoms with van der Waals surface area (Å²) in [5, 5.41) is 0. The molecule has 0 spiro atoms. The number of aryl methyl sites for hydroxylation is 1. The van der Waals surface area contributed by atoms with E-state index in [1.165, 1.54) is 12.1 Å². The molecular weight excluding hydrogens is 463 g/mol. The van der Waals surface area contributed by atoms with Gasteiger partial charge in [0, 0.05) is 11.1 Å². The second kappa shape index (κ2) is 8.99. The Kier molecular flexibility index (Phi) is 6.67. The molecule has 33 heavy (non-hydrogen) atoms. The van der Waals surface area contributed by atoms with Gasteiger partial charge in [-0.3, -0.25) is 0 Å². The van der Waals surface area contributed by atoms with Crippen LogP contribution in [-0.2, 0) is 12.5 Å². The zero-order valence-electron chi connectivity index (χ0n) is 17.1. The molecule has 0 aliphatic heterocycles. The first-order chi connectivity index (χ1) is 15.4. The highest BCUT2D eigenvalue weighted by molar-refractivity contribution is 5.65. The van der Waals surface area contributed by atoms with Crippen molar-refractivity contribution in [1.82, 2.24) is 0 Å². The number of alkyl halides is 2. The summed E-state index contributed by atoms with van der Waals surface area (Å²) >= 11 is 0. The van der Waals surface area contributed by atoms with Crippen molar-refractivity contribution in [1.29, 1.82) is 0 Å². The highest BCUT2D eigenvalue weighted by Gasteiger charge is 2.43. The lowest BCUT2D eigenvalue weighted by molar-refractivity contribution is -0.191. The first-order valence-electron chi connectivity index (χ1n) is 9.56. The molecule has 0 N–H and O–H groups in total. The minimum atomic E-state index is -4.97. The molecule has 176 valence electrons. The first-order valence-corrected chi connectivity index (χ1v) is 9.56. The second-order valence-electron chi connectivity index (χ2n) is 7.21. The van der Waals surface area contributed by atoms with Crippen LogP contribution in [0, 0.1) is 47.6 Å². The Morgan fingerprint density at radius 2 is 1.33 bits per heavy atom. The van der Waals surface area contributed by atoms with Gasteiger partial charge < -0.3 is 4.74 Å². The SMILES string of the molecule is CCCc1ccc(-c2cc(F)c(C(F)(F)Oc3c(C)c(F)c(F)c(F)c3F)c(F)c2)c(F)c1. The Morgan fingerprint density at radius 1 is 0.758 bits per heavy atom. The van der Waals surface area contributed by atoms with Crippen molar-refractivity contribution in [3.8, 4) is 16.9 Å². The topological polar surface area (TPSA) is 9.23 Å². The molecule has 0 atom stereocenters. The summed E-state index contributed by atoms with van der Waals surface area (Å²) in [4.78, 5) is 0. The van der Waals surface area contributed by atoms with Crippen LogP contribution in [0.1, 0.15) is 30.0 Å². The molecule has 0 saturated heterocycles. The van der Waals surface area contributed by atoms with Gasteiger partial charge in [0.1, 0.15) is 23.0 Å². The second-order valence-corrected chi connectivity index (χ2v) is 7.21. The van der Waals surface area contributed by atoms with Gasteiger partial charge in [-0.05, 0) is 42.7 Å². The van der Waals surface area contributed by atoms with Gasteiger partial charge in [0.15, 0.2) is 17.4 Å². The Hall–Kier alpha value is -3.17. The summed E-state index contributed by atoms with van der Waals surface area (Å²) in [5.74, 6) is -15.4. The lowest BCUT2D eigenvalue weighted by atomic mass is 9.99. The molecule has 3 rings (SSSR count). The fraction of sp³-hybridized carbons (Fsp3) is 0.217. The van der Waals surface area contributed by atoms with Gasteiger partial charge in [-0.1, -0.05) is 25.5 Å². The van der Waals surface area contributed by atoms with Crippen LogP contribution in [0.25, 0.3) is 11.1 Å². The standard InChI is InChI=1S/C23H15F9O/c1-3-4-11-5-6-13(14(24)7-11)12-8-15(25)17(16(26)9-12)23(31,32)33-22-10(2)18(27)19(28)20(29)21(22)30/h5-9H,3-4H2,1-2H3. The minimum Gasteiger partial charge on any atom is -0.425 e. The average Bonchev–Trinajstić information content (AvgIpc) is 2.73. The molecule has 0 fully saturated rings. The van der Waals surface area contributed by atoms with Crippen LogP contribution in [-0.4, -0.2) is 0 Å². The molecule has 0 bridgehead atoms. The van der Waals surface area contributed by atoms with E-state index in [0.29, 0.717) is 37.5 Å².